The van der Waals surface area contributed by atoms with E-state index in [0.717, 1.165) is 28.2 Å². The summed E-state index contributed by atoms with van der Waals surface area (Å²) >= 11 is 5.75. The zero-order valence-electron chi connectivity index (χ0n) is 14.2. The van der Waals surface area contributed by atoms with Gasteiger partial charge in [-0.1, -0.05) is 42.0 Å². The number of pyridine rings is 1. The summed E-state index contributed by atoms with van der Waals surface area (Å²) in [6.45, 7) is 4.19. The van der Waals surface area contributed by atoms with E-state index in [2.05, 4.69) is 60.8 Å². The Morgan fingerprint density at radius 1 is 1.12 bits per heavy atom. The lowest BCUT2D eigenvalue weighted by Crippen LogP contribution is -2.10. The van der Waals surface area contributed by atoms with E-state index in [1.165, 1.54) is 16.8 Å². The number of aryl methyl sites for hydroxylation is 2. The van der Waals surface area contributed by atoms with Crippen LogP contribution in [0.3, 0.4) is 0 Å². The fourth-order valence-corrected chi connectivity index (χ4v) is 3.33. The van der Waals surface area contributed by atoms with E-state index in [1.54, 1.807) is 6.20 Å². The number of anilines is 1. The van der Waals surface area contributed by atoms with Gasteiger partial charge < -0.3 is 10.3 Å². The van der Waals surface area contributed by atoms with Crippen LogP contribution in [0.25, 0.3) is 0 Å². The van der Waals surface area contributed by atoms with Crippen LogP contribution in [-0.4, -0.2) is 14.4 Å². The minimum Gasteiger partial charge on any atom is -0.397 e. The number of thiocarbonyl (C=S) groups is 1. The van der Waals surface area contributed by atoms with Gasteiger partial charge in [0, 0.05) is 24.9 Å². The Kier molecular flexibility index (Phi) is 4.49. The van der Waals surface area contributed by atoms with Gasteiger partial charge >= 0.3 is 0 Å². The molecule has 2 heterocycles. The summed E-state index contributed by atoms with van der Waals surface area (Å²) in [6.07, 6.45) is 2.46. The maximum atomic E-state index is 5.75. The third-order valence-corrected chi connectivity index (χ3v) is 4.69. The summed E-state index contributed by atoms with van der Waals surface area (Å²) in [5.41, 5.74) is 13.2. The molecule has 0 aliphatic rings. The normalized spacial score (nSPS) is 10.8. The van der Waals surface area contributed by atoms with Crippen LogP contribution >= 0.6 is 12.2 Å². The van der Waals surface area contributed by atoms with Crippen LogP contribution in [0.15, 0.2) is 48.7 Å². The number of nitrogens with two attached hydrogens (primary N) is 1. The molecule has 0 atom stereocenters. The Morgan fingerprint density at radius 2 is 1.83 bits per heavy atom. The van der Waals surface area contributed by atoms with E-state index in [-0.39, 0.29) is 0 Å². The summed E-state index contributed by atoms with van der Waals surface area (Å²) in [4.78, 5) is 5.28. The van der Waals surface area contributed by atoms with Crippen molar-refractivity contribution in [1.82, 2.24) is 9.55 Å². The number of nitrogen functional groups attached to an aromatic ring is 1. The van der Waals surface area contributed by atoms with Crippen molar-refractivity contribution in [1.29, 1.82) is 0 Å². The van der Waals surface area contributed by atoms with Crippen molar-refractivity contribution >= 4 is 22.8 Å². The van der Waals surface area contributed by atoms with Gasteiger partial charge in [-0.15, -0.1) is 0 Å². The molecular weight excluding hydrogens is 314 g/mol. The Bertz CT molecular complexity index is 874. The Balaban J connectivity index is 1.92. The zero-order valence-corrected chi connectivity index (χ0v) is 15.0. The summed E-state index contributed by atoms with van der Waals surface area (Å²) in [7, 11) is 2.06. The molecule has 0 saturated carbocycles. The molecule has 3 rings (SSSR count). The molecule has 3 nitrogen and oxygen atoms in total. The largest absolute Gasteiger partial charge is 0.397 e. The third-order valence-electron chi connectivity index (χ3n) is 4.26. The molecule has 0 amide bonds. The van der Waals surface area contributed by atoms with Crippen LogP contribution in [0.1, 0.15) is 33.8 Å². The first kappa shape index (κ1) is 16.4. The zero-order chi connectivity index (χ0) is 17.3. The third kappa shape index (κ3) is 3.24. The highest BCUT2D eigenvalue weighted by atomic mass is 32.1. The first-order valence-electron chi connectivity index (χ1n) is 7.92. The highest BCUT2D eigenvalue weighted by Gasteiger charge is 2.15. The number of aromatic nitrogens is 2. The maximum Gasteiger partial charge on any atom is 0.0689 e. The lowest BCUT2D eigenvalue weighted by molar-refractivity contribution is 0.833. The van der Waals surface area contributed by atoms with Crippen LogP contribution in [0, 0.1) is 13.8 Å². The molecule has 0 aliphatic heterocycles. The Hall–Kier alpha value is -2.46. The molecule has 0 saturated heterocycles. The maximum absolute atomic E-state index is 5.75. The second-order valence-electron chi connectivity index (χ2n) is 6.18. The van der Waals surface area contributed by atoms with Gasteiger partial charge in [0.2, 0.25) is 0 Å². The summed E-state index contributed by atoms with van der Waals surface area (Å²) in [6, 6.07) is 14.4. The molecule has 0 radical (unpaired) electrons. The minimum absolute atomic E-state index is 0.683. The monoisotopic (exact) mass is 335 g/mol. The molecule has 0 unspecified atom stereocenters. The fraction of sp³-hybridized carbons (Fsp3) is 0.200. The van der Waals surface area contributed by atoms with E-state index in [1.807, 2.05) is 12.1 Å². The summed E-state index contributed by atoms with van der Waals surface area (Å²) < 4.78 is 2.18. The molecular formula is C20H21N3S. The molecule has 122 valence electrons. The number of hydrogen-bond acceptors (Lipinski definition) is 3. The van der Waals surface area contributed by atoms with E-state index in [9.17, 15) is 0 Å². The van der Waals surface area contributed by atoms with Gasteiger partial charge in [0.15, 0.2) is 0 Å². The standard InChI is InChI=1S/C20H21N3S/c1-13-4-6-15(7-5-13)20(24)19-14(2)10-18(23(19)3)11-17-9-8-16(21)12-22-17/h4-10,12H,11,21H2,1-3H3. The van der Waals surface area contributed by atoms with Crippen LogP contribution in [0.2, 0.25) is 0 Å². The fourth-order valence-electron chi connectivity index (χ4n) is 2.89. The lowest BCUT2D eigenvalue weighted by atomic mass is 10.1. The predicted molar refractivity (Wildman–Crippen MR) is 104 cm³/mol. The van der Waals surface area contributed by atoms with Crippen molar-refractivity contribution in [2.75, 3.05) is 5.73 Å². The van der Waals surface area contributed by atoms with Gasteiger partial charge in [-0.25, -0.2) is 0 Å². The van der Waals surface area contributed by atoms with Gasteiger partial charge in [0.25, 0.3) is 0 Å². The molecule has 24 heavy (non-hydrogen) atoms. The van der Waals surface area contributed by atoms with Crippen molar-refractivity contribution < 1.29 is 0 Å². The van der Waals surface area contributed by atoms with Crippen LogP contribution in [0.5, 0.6) is 0 Å². The Morgan fingerprint density at radius 3 is 2.46 bits per heavy atom. The Labute approximate surface area is 148 Å². The molecule has 0 fully saturated rings. The molecule has 3 aromatic rings. The quantitative estimate of drug-likeness (QED) is 0.579. The topological polar surface area (TPSA) is 43.8 Å². The molecule has 0 spiro atoms. The smallest absolute Gasteiger partial charge is 0.0689 e. The van der Waals surface area contributed by atoms with E-state index in [4.69, 9.17) is 18.0 Å². The van der Waals surface area contributed by atoms with Gasteiger partial charge in [0.1, 0.15) is 0 Å². The first-order chi connectivity index (χ1) is 11.5. The predicted octanol–water partition coefficient (Wildman–Crippen LogP) is 3.98. The molecule has 0 aliphatic carbocycles. The summed E-state index contributed by atoms with van der Waals surface area (Å²) in [5.74, 6) is 0. The average molecular weight is 335 g/mol. The van der Waals surface area contributed by atoms with E-state index in [0.29, 0.717) is 5.69 Å². The van der Waals surface area contributed by atoms with Crippen molar-refractivity contribution in [3.63, 3.8) is 0 Å². The van der Waals surface area contributed by atoms with Crippen LogP contribution in [0.4, 0.5) is 5.69 Å². The number of rotatable bonds is 4. The molecule has 4 heteroatoms. The minimum atomic E-state index is 0.683. The number of benzene rings is 1. The summed E-state index contributed by atoms with van der Waals surface area (Å²) in [5, 5.41) is 0. The van der Waals surface area contributed by atoms with Crippen molar-refractivity contribution in [3.05, 3.63) is 82.4 Å². The van der Waals surface area contributed by atoms with Crippen molar-refractivity contribution in [2.45, 2.75) is 20.3 Å². The van der Waals surface area contributed by atoms with Gasteiger partial charge in [0.05, 0.1) is 22.4 Å². The lowest BCUT2D eigenvalue weighted by Gasteiger charge is -2.10. The number of hydrogen-bond donors (Lipinski definition) is 1. The second kappa shape index (κ2) is 6.57. The van der Waals surface area contributed by atoms with Crippen LogP contribution in [-0.2, 0) is 13.5 Å². The van der Waals surface area contributed by atoms with Gasteiger partial charge in [-0.3, -0.25) is 4.98 Å². The van der Waals surface area contributed by atoms with Gasteiger partial charge in [-0.05, 0) is 43.2 Å². The van der Waals surface area contributed by atoms with Gasteiger partial charge in [-0.2, -0.15) is 0 Å². The highest BCUT2D eigenvalue weighted by Crippen LogP contribution is 2.21. The average Bonchev–Trinajstić information content (AvgIpc) is 2.83. The molecule has 2 N–H and O–H groups in total. The van der Waals surface area contributed by atoms with Crippen molar-refractivity contribution in [2.24, 2.45) is 7.05 Å². The molecule has 2 aromatic heterocycles. The highest BCUT2D eigenvalue weighted by molar-refractivity contribution is 7.81. The first-order valence-corrected chi connectivity index (χ1v) is 8.33. The van der Waals surface area contributed by atoms with E-state index >= 15 is 0 Å². The second-order valence-corrected chi connectivity index (χ2v) is 6.59. The molecule has 1 aromatic carbocycles. The molecule has 0 bridgehead atoms. The van der Waals surface area contributed by atoms with Crippen LogP contribution < -0.4 is 5.73 Å². The van der Waals surface area contributed by atoms with Crippen molar-refractivity contribution in [3.8, 4) is 0 Å². The SMILES string of the molecule is Cc1ccc(C(=S)c2c(C)cc(Cc3ccc(N)cn3)n2C)cc1. The van der Waals surface area contributed by atoms with E-state index < -0.39 is 0 Å². The number of nitrogens with zero attached hydrogens (tertiary/aromatic N) is 2.